The maximum atomic E-state index is 11.6. The van der Waals surface area contributed by atoms with Crippen molar-refractivity contribution < 1.29 is 4.79 Å². The van der Waals surface area contributed by atoms with Gasteiger partial charge in [0.2, 0.25) is 5.91 Å². The van der Waals surface area contributed by atoms with Crippen LogP contribution in [0.1, 0.15) is 20.3 Å². The highest BCUT2D eigenvalue weighted by molar-refractivity contribution is 8.00. The van der Waals surface area contributed by atoms with Gasteiger partial charge in [0.25, 0.3) is 0 Å². The van der Waals surface area contributed by atoms with Gasteiger partial charge in [0.05, 0.1) is 10.9 Å². The summed E-state index contributed by atoms with van der Waals surface area (Å²) in [7, 11) is 0. The molecular weight excluding hydrogens is 246 g/mol. The number of benzene rings is 1. The fourth-order valence-corrected chi connectivity index (χ4v) is 2.69. The van der Waals surface area contributed by atoms with Gasteiger partial charge in [0.1, 0.15) is 0 Å². The van der Waals surface area contributed by atoms with Crippen molar-refractivity contribution in [1.29, 1.82) is 0 Å². The zero-order valence-corrected chi connectivity index (χ0v) is 11.5. The molecule has 1 amide bonds. The molecule has 98 valence electrons. The second kappa shape index (κ2) is 5.63. The predicted molar refractivity (Wildman–Crippen MR) is 77.1 cm³/mol. The first-order valence-electron chi connectivity index (χ1n) is 6.17. The Morgan fingerprint density at radius 3 is 3.06 bits per heavy atom. The summed E-state index contributed by atoms with van der Waals surface area (Å²) in [5.41, 5.74) is 7.62. The second-order valence-corrected chi connectivity index (χ2v) is 6.04. The monoisotopic (exact) mass is 265 g/mol. The lowest BCUT2D eigenvalue weighted by Crippen LogP contribution is -2.26. The lowest BCUT2D eigenvalue weighted by molar-refractivity contribution is -0.115. The molecule has 18 heavy (non-hydrogen) atoms. The van der Waals surface area contributed by atoms with Crippen LogP contribution in [0.15, 0.2) is 23.1 Å². The molecule has 1 aromatic carbocycles. The molecule has 0 spiro atoms. The number of hydrogen-bond donors (Lipinski definition) is 3. The van der Waals surface area contributed by atoms with Crippen LogP contribution in [0.5, 0.6) is 0 Å². The zero-order valence-electron chi connectivity index (χ0n) is 10.7. The molecular formula is C13H19N3OS. The maximum Gasteiger partial charge on any atom is 0.237 e. The van der Waals surface area contributed by atoms with E-state index in [1.807, 2.05) is 32.0 Å². The number of hydrogen-bond acceptors (Lipinski definition) is 4. The number of amides is 1. The average molecular weight is 265 g/mol. The Kier molecular flexibility index (Phi) is 4.14. The smallest absolute Gasteiger partial charge is 0.237 e. The third-order valence-electron chi connectivity index (χ3n) is 2.84. The molecule has 0 saturated carbocycles. The van der Waals surface area contributed by atoms with Gasteiger partial charge in [-0.2, -0.15) is 0 Å². The summed E-state index contributed by atoms with van der Waals surface area (Å²) in [6.45, 7) is 4.75. The van der Waals surface area contributed by atoms with Crippen molar-refractivity contribution in [2.75, 3.05) is 17.2 Å². The third kappa shape index (κ3) is 3.17. The fraction of sp³-hybridized carbons (Fsp3) is 0.462. The van der Waals surface area contributed by atoms with Crippen molar-refractivity contribution in [1.82, 2.24) is 0 Å². The molecule has 2 atom stereocenters. The van der Waals surface area contributed by atoms with E-state index in [4.69, 9.17) is 5.73 Å². The number of anilines is 2. The van der Waals surface area contributed by atoms with Gasteiger partial charge in [-0.3, -0.25) is 4.79 Å². The number of carbonyl (C=O) groups excluding carboxylic acids is 1. The van der Waals surface area contributed by atoms with Gasteiger partial charge in [-0.15, -0.1) is 11.8 Å². The van der Waals surface area contributed by atoms with Crippen molar-refractivity contribution in [3.63, 3.8) is 0 Å². The van der Waals surface area contributed by atoms with E-state index in [0.29, 0.717) is 0 Å². The van der Waals surface area contributed by atoms with E-state index in [2.05, 4.69) is 10.6 Å². The number of rotatable bonds is 4. The van der Waals surface area contributed by atoms with Gasteiger partial charge >= 0.3 is 0 Å². The molecule has 1 aromatic rings. The Balaban J connectivity index is 2.03. The molecule has 0 aliphatic carbocycles. The van der Waals surface area contributed by atoms with Crippen molar-refractivity contribution in [3.05, 3.63) is 18.2 Å². The van der Waals surface area contributed by atoms with Crippen molar-refractivity contribution >= 4 is 29.0 Å². The Morgan fingerprint density at radius 1 is 1.56 bits per heavy atom. The molecule has 1 aliphatic heterocycles. The summed E-state index contributed by atoms with van der Waals surface area (Å²) in [5.74, 6) is 0.0697. The molecule has 0 radical (unpaired) electrons. The largest absolute Gasteiger partial charge is 0.385 e. The Labute approximate surface area is 112 Å². The average Bonchev–Trinajstić information content (AvgIpc) is 2.30. The van der Waals surface area contributed by atoms with Crippen LogP contribution in [0.4, 0.5) is 11.4 Å². The lowest BCUT2D eigenvalue weighted by Gasteiger charge is -2.22. The highest BCUT2D eigenvalue weighted by atomic mass is 32.2. The molecule has 0 fully saturated rings. The SMILES string of the molecule is CC(N)CCNc1ccc2c(c1)NC(=O)C(C)S2. The summed E-state index contributed by atoms with van der Waals surface area (Å²) >= 11 is 1.60. The van der Waals surface area contributed by atoms with E-state index >= 15 is 0 Å². The molecule has 0 saturated heterocycles. The van der Waals surface area contributed by atoms with Crippen LogP contribution in [0.3, 0.4) is 0 Å². The van der Waals surface area contributed by atoms with E-state index in [1.54, 1.807) is 11.8 Å². The van der Waals surface area contributed by atoms with Gasteiger partial charge < -0.3 is 16.4 Å². The molecule has 4 N–H and O–H groups in total. The van der Waals surface area contributed by atoms with E-state index in [9.17, 15) is 4.79 Å². The van der Waals surface area contributed by atoms with Crippen molar-refractivity contribution in [2.45, 2.75) is 36.5 Å². The first-order valence-corrected chi connectivity index (χ1v) is 7.05. The highest BCUT2D eigenvalue weighted by Crippen LogP contribution is 2.36. The number of fused-ring (bicyclic) bond motifs is 1. The molecule has 5 heteroatoms. The normalized spacial score (nSPS) is 19.9. The number of carbonyl (C=O) groups is 1. The summed E-state index contributed by atoms with van der Waals surface area (Å²) in [6.07, 6.45) is 0.926. The van der Waals surface area contributed by atoms with Crippen LogP contribution in [0.2, 0.25) is 0 Å². The van der Waals surface area contributed by atoms with Gasteiger partial charge in [-0.25, -0.2) is 0 Å². The molecule has 2 rings (SSSR count). The first-order chi connectivity index (χ1) is 8.56. The van der Waals surface area contributed by atoms with Gasteiger partial charge in [-0.05, 0) is 38.5 Å². The van der Waals surface area contributed by atoms with Crippen LogP contribution in [0, 0.1) is 0 Å². The number of nitrogens with two attached hydrogens (primary N) is 1. The topological polar surface area (TPSA) is 67.2 Å². The Hall–Kier alpha value is -1.20. The van der Waals surface area contributed by atoms with Crippen molar-refractivity contribution in [3.8, 4) is 0 Å². The van der Waals surface area contributed by atoms with Gasteiger partial charge in [-0.1, -0.05) is 0 Å². The molecule has 1 aliphatic rings. The predicted octanol–water partition coefficient (Wildman–Crippen LogP) is 2.27. The highest BCUT2D eigenvalue weighted by Gasteiger charge is 2.22. The Morgan fingerprint density at radius 2 is 2.33 bits per heavy atom. The summed E-state index contributed by atoms with van der Waals surface area (Å²) in [6, 6.07) is 6.26. The van der Waals surface area contributed by atoms with Gasteiger partial charge in [0, 0.05) is 23.2 Å². The van der Waals surface area contributed by atoms with Crippen LogP contribution < -0.4 is 16.4 Å². The van der Waals surface area contributed by atoms with E-state index in [0.717, 1.165) is 29.2 Å². The first kappa shape index (κ1) is 13.2. The Bertz CT molecular complexity index is 448. The molecule has 4 nitrogen and oxygen atoms in total. The minimum Gasteiger partial charge on any atom is -0.385 e. The van der Waals surface area contributed by atoms with E-state index in [-0.39, 0.29) is 17.2 Å². The number of thioether (sulfide) groups is 1. The van der Waals surface area contributed by atoms with Crippen LogP contribution >= 0.6 is 11.8 Å². The molecule has 2 unspecified atom stereocenters. The van der Waals surface area contributed by atoms with E-state index < -0.39 is 0 Å². The molecule has 0 bridgehead atoms. The van der Waals surface area contributed by atoms with Crippen LogP contribution in [-0.4, -0.2) is 23.7 Å². The fourth-order valence-electron chi connectivity index (χ4n) is 1.76. The second-order valence-electron chi connectivity index (χ2n) is 4.65. The van der Waals surface area contributed by atoms with Gasteiger partial charge in [0.15, 0.2) is 0 Å². The summed E-state index contributed by atoms with van der Waals surface area (Å²) < 4.78 is 0. The third-order valence-corrected chi connectivity index (χ3v) is 4.02. The zero-order chi connectivity index (χ0) is 13.1. The van der Waals surface area contributed by atoms with Crippen molar-refractivity contribution in [2.24, 2.45) is 5.73 Å². The minimum atomic E-state index is -0.0191. The summed E-state index contributed by atoms with van der Waals surface area (Å²) in [4.78, 5) is 12.7. The molecule has 1 heterocycles. The standard InChI is InChI=1S/C13H19N3OS/c1-8(14)5-6-15-10-3-4-12-11(7-10)16-13(17)9(2)18-12/h3-4,7-9,15H,5-6,14H2,1-2H3,(H,16,17). The maximum absolute atomic E-state index is 11.6. The van der Waals surface area contributed by atoms with E-state index in [1.165, 1.54) is 0 Å². The van der Waals surface area contributed by atoms with Crippen LogP contribution in [-0.2, 0) is 4.79 Å². The quantitative estimate of drug-likeness (QED) is 0.781. The molecule has 0 aromatic heterocycles. The lowest BCUT2D eigenvalue weighted by atomic mass is 10.2. The minimum absolute atomic E-state index is 0.0191. The van der Waals surface area contributed by atoms with Crippen LogP contribution in [0.25, 0.3) is 0 Å². The number of nitrogens with one attached hydrogen (secondary N) is 2. The summed E-state index contributed by atoms with van der Waals surface area (Å²) in [5, 5.41) is 6.22.